The van der Waals surface area contributed by atoms with Crippen LogP contribution in [0.15, 0.2) is 24.3 Å². The maximum atomic E-state index is 11.1. The van der Waals surface area contributed by atoms with Crippen LogP contribution in [-0.2, 0) is 11.3 Å². The second-order valence-electron chi connectivity index (χ2n) is 5.30. The van der Waals surface area contributed by atoms with Crippen LogP contribution in [0.5, 0.6) is 0 Å². The lowest BCUT2D eigenvalue weighted by Gasteiger charge is -2.13. The molecule has 1 aromatic rings. The molecule has 0 heterocycles. The van der Waals surface area contributed by atoms with Gasteiger partial charge in [-0.25, -0.2) is 0 Å². The summed E-state index contributed by atoms with van der Waals surface area (Å²) in [6, 6.07) is 7.82. The number of rotatable bonds is 5. The number of carbonyl (C=O) groups is 1. The monoisotopic (exact) mass is 262 g/mol. The molecule has 19 heavy (non-hydrogen) atoms. The summed E-state index contributed by atoms with van der Waals surface area (Å²) in [6.07, 6.45) is 2.81. The third kappa shape index (κ3) is 4.33. The predicted octanol–water partition coefficient (Wildman–Crippen LogP) is 1.90. The van der Waals surface area contributed by atoms with Crippen LogP contribution in [0.2, 0.25) is 0 Å². The van der Waals surface area contributed by atoms with E-state index in [4.69, 9.17) is 0 Å². The molecule has 1 amide bonds. The molecule has 1 aliphatic carbocycles. The van der Waals surface area contributed by atoms with E-state index in [1.807, 2.05) is 24.3 Å². The van der Waals surface area contributed by atoms with E-state index in [0.717, 1.165) is 43.6 Å². The first-order valence-electron chi connectivity index (χ1n) is 6.89. The van der Waals surface area contributed by atoms with Gasteiger partial charge in [0, 0.05) is 19.2 Å². The third-order valence-corrected chi connectivity index (χ3v) is 3.59. The van der Waals surface area contributed by atoms with Crippen LogP contribution in [0.1, 0.15) is 31.7 Å². The Hall–Kier alpha value is -1.39. The molecule has 2 unspecified atom stereocenters. The molecule has 3 N–H and O–H groups in total. The number of carbonyl (C=O) groups excluding carboxylic acids is 1. The summed E-state index contributed by atoms with van der Waals surface area (Å²) in [7, 11) is 0. The van der Waals surface area contributed by atoms with Crippen molar-refractivity contribution < 1.29 is 9.90 Å². The molecule has 4 heteroatoms. The van der Waals surface area contributed by atoms with Gasteiger partial charge in [-0.05, 0) is 43.4 Å². The number of anilines is 1. The molecule has 2 rings (SSSR count). The molecule has 1 saturated carbocycles. The predicted molar refractivity (Wildman–Crippen MR) is 75.8 cm³/mol. The molecule has 0 aliphatic heterocycles. The summed E-state index contributed by atoms with van der Waals surface area (Å²) < 4.78 is 0. The molecule has 4 nitrogen and oxygen atoms in total. The Morgan fingerprint density at radius 3 is 2.84 bits per heavy atom. The molecular formula is C15H22N2O2. The van der Waals surface area contributed by atoms with Gasteiger partial charge in [-0.3, -0.25) is 4.79 Å². The normalized spacial score (nSPS) is 22.4. The fourth-order valence-corrected chi connectivity index (χ4v) is 2.63. The van der Waals surface area contributed by atoms with Gasteiger partial charge in [-0.15, -0.1) is 0 Å². The molecule has 0 saturated heterocycles. The molecular weight excluding hydrogens is 240 g/mol. The minimum Gasteiger partial charge on any atom is -0.393 e. The van der Waals surface area contributed by atoms with Gasteiger partial charge in [0.1, 0.15) is 0 Å². The van der Waals surface area contributed by atoms with E-state index in [9.17, 15) is 9.90 Å². The Kier molecular flexibility index (Phi) is 4.93. The van der Waals surface area contributed by atoms with Crippen LogP contribution in [0.4, 0.5) is 5.69 Å². The van der Waals surface area contributed by atoms with Gasteiger partial charge in [0.15, 0.2) is 0 Å². The smallest absolute Gasteiger partial charge is 0.221 e. The summed E-state index contributed by atoms with van der Waals surface area (Å²) in [5, 5.41) is 15.7. The Morgan fingerprint density at radius 2 is 2.16 bits per heavy atom. The van der Waals surface area contributed by atoms with Crippen molar-refractivity contribution in [3.63, 3.8) is 0 Å². The Labute approximate surface area is 114 Å². The number of hydrogen-bond donors (Lipinski definition) is 3. The largest absolute Gasteiger partial charge is 0.393 e. The van der Waals surface area contributed by atoms with Crippen molar-refractivity contribution in [1.82, 2.24) is 5.32 Å². The summed E-state index contributed by atoms with van der Waals surface area (Å²) in [4.78, 5) is 11.1. The van der Waals surface area contributed by atoms with Crippen LogP contribution in [0, 0.1) is 5.92 Å². The minimum absolute atomic E-state index is 0.0497. The summed E-state index contributed by atoms with van der Waals surface area (Å²) in [5.41, 5.74) is 1.96. The molecule has 1 fully saturated rings. The van der Waals surface area contributed by atoms with E-state index < -0.39 is 0 Å². The highest BCUT2D eigenvalue weighted by atomic mass is 16.3. The zero-order valence-electron chi connectivity index (χ0n) is 11.4. The van der Waals surface area contributed by atoms with Crippen molar-refractivity contribution >= 4 is 11.6 Å². The Bertz CT molecular complexity index is 434. The van der Waals surface area contributed by atoms with Gasteiger partial charge < -0.3 is 15.7 Å². The Balaban J connectivity index is 1.83. The van der Waals surface area contributed by atoms with Crippen LogP contribution >= 0.6 is 0 Å². The second-order valence-corrected chi connectivity index (χ2v) is 5.30. The Morgan fingerprint density at radius 1 is 1.37 bits per heavy atom. The molecule has 1 aliphatic rings. The maximum Gasteiger partial charge on any atom is 0.221 e. The van der Waals surface area contributed by atoms with Gasteiger partial charge in [0.2, 0.25) is 5.91 Å². The van der Waals surface area contributed by atoms with Gasteiger partial charge >= 0.3 is 0 Å². The highest BCUT2D eigenvalue weighted by molar-refractivity contribution is 5.89. The zero-order valence-corrected chi connectivity index (χ0v) is 11.4. The number of aliphatic hydroxyl groups excluding tert-OH is 1. The standard InChI is InChI=1S/C15H22N2O2/c1-11(18)17-15-5-3-2-4-13(15)10-16-9-12-6-7-14(19)8-12/h2-5,12,14,16,19H,6-10H2,1H3,(H,17,18). The van der Waals surface area contributed by atoms with Crippen molar-refractivity contribution in [1.29, 1.82) is 0 Å². The quantitative estimate of drug-likeness (QED) is 0.759. The van der Waals surface area contributed by atoms with E-state index in [0.29, 0.717) is 5.92 Å². The lowest BCUT2D eigenvalue weighted by atomic mass is 10.1. The van der Waals surface area contributed by atoms with E-state index in [1.54, 1.807) is 0 Å². The lowest BCUT2D eigenvalue weighted by molar-refractivity contribution is -0.114. The molecule has 104 valence electrons. The van der Waals surface area contributed by atoms with Crippen molar-refractivity contribution in [2.24, 2.45) is 5.92 Å². The van der Waals surface area contributed by atoms with Crippen LogP contribution in [0.25, 0.3) is 0 Å². The first-order valence-corrected chi connectivity index (χ1v) is 6.89. The van der Waals surface area contributed by atoms with Crippen LogP contribution in [-0.4, -0.2) is 23.7 Å². The molecule has 0 spiro atoms. The van der Waals surface area contributed by atoms with E-state index >= 15 is 0 Å². The van der Waals surface area contributed by atoms with Gasteiger partial charge in [0.05, 0.1) is 6.10 Å². The molecule has 0 aromatic heterocycles. The average Bonchev–Trinajstić information content (AvgIpc) is 2.77. The van der Waals surface area contributed by atoms with Crippen molar-refractivity contribution in [3.8, 4) is 0 Å². The molecule has 0 bridgehead atoms. The highest BCUT2D eigenvalue weighted by Crippen LogP contribution is 2.24. The lowest BCUT2D eigenvalue weighted by Crippen LogP contribution is -2.22. The average molecular weight is 262 g/mol. The highest BCUT2D eigenvalue weighted by Gasteiger charge is 2.22. The summed E-state index contributed by atoms with van der Waals surface area (Å²) >= 11 is 0. The SMILES string of the molecule is CC(=O)Nc1ccccc1CNCC1CCC(O)C1. The first-order chi connectivity index (χ1) is 9.15. The second kappa shape index (κ2) is 6.68. The van der Waals surface area contributed by atoms with E-state index in [-0.39, 0.29) is 12.0 Å². The molecule has 1 aromatic carbocycles. The zero-order chi connectivity index (χ0) is 13.7. The number of hydrogen-bond acceptors (Lipinski definition) is 3. The number of benzene rings is 1. The third-order valence-electron chi connectivity index (χ3n) is 3.59. The number of aliphatic hydroxyl groups is 1. The number of nitrogens with one attached hydrogen (secondary N) is 2. The van der Waals surface area contributed by atoms with Crippen molar-refractivity contribution in [2.45, 2.75) is 38.8 Å². The fourth-order valence-electron chi connectivity index (χ4n) is 2.63. The first kappa shape index (κ1) is 14.0. The topological polar surface area (TPSA) is 61.4 Å². The summed E-state index contributed by atoms with van der Waals surface area (Å²) in [5.74, 6) is 0.522. The van der Waals surface area contributed by atoms with Crippen molar-refractivity contribution in [2.75, 3.05) is 11.9 Å². The van der Waals surface area contributed by atoms with E-state index in [2.05, 4.69) is 10.6 Å². The van der Waals surface area contributed by atoms with E-state index in [1.165, 1.54) is 6.92 Å². The van der Waals surface area contributed by atoms with Gasteiger partial charge in [0.25, 0.3) is 0 Å². The molecule has 2 atom stereocenters. The van der Waals surface area contributed by atoms with Gasteiger partial charge in [-0.1, -0.05) is 18.2 Å². The number of para-hydroxylation sites is 1. The molecule has 0 radical (unpaired) electrons. The number of amides is 1. The summed E-state index contributed by atoms with van der Waals surface area (Å²) in [6.45, 7) is 3.18. The van der Waals surface area contributed by atoms with Crippen LogP contribution < -0.4 is 10.6 Å². The van der Waals surface area contributed by atoms with Crippen molar-refractivity contribution in [3.05, 3.63) is 29.8 Å². The van der Waals surface area contributed by atoms with Crippen LogP contribution in [0.3, 0.4) is 0 Å². The minimum atomic E-state index is -0.113. The van der Waals surface area contributed by atoms with Gasteiger partial charge in [-0.2, -0.15) is 0 Å². The fraction of sp³-hybridized carbons (Fsp3) is 0.533. The maximum absolute atomic E-state index is 11.1.